The first-order chi connectivity index (χ1) is 24.0. The number of furan rings is 1. The van der Waals surface area contributed by atoms with Gasteiger partial charge < -0.3 is 45.3 Å². The lowest BCUT2D eigenvalue weighted by atomic mass is 10.0. The predicted octanol–water partition coefficient (Wildman–Crippen LogP) is 2.10. The summed E-state index contributed by atoms with van der Waals surface area (Å²) < 4.78 is 9.69. The normalized spacial score (nSPS) is 14.3. The maximum absolute atomic E-state index is 13.4. The third-order valence-corrected chi connectivity index (χ3v) is 9.45. The maximum atomic E-state index is 13.4. The lowest BCUT2D eigenvalue weighted by Gasteiger charge is -2.28. The van der Waals surface area contributed by atoms with Gasteiger partial charge in [-0.15, -0.1) is 0 Å². The van der Waals surface area contributed by atoms with Gasteiger partial charge in [-0.2, -0.15) is 4.36 Å². The monoisotopic (exact) mass is 704 g/mol. The summed E-state index contributed by atoms with van der Waals surface area (Å²) in [5, 5.41) is 62.2. The summed E-state index contributed by atoms with van der Waals surface area (Å²) in [6.45, 7) is 1.37. The Labute approximate surface area is 292 Å². The minimum Gasteiger partial charge on any atom is -0.507 e. The van der Waals surface area contributed by atoms with Crippen LogP contribution in [0.25, 0.3) is 0 Å². The summed E-state index contributed by atoms with van der Waals surface area (Å²) in [7, 11) is 0.630. The van der Waals surface area contributed by atoms with E-state index in [2.05, 4.69) is 26.5 Å². The van der Waals surface area contributed by atoms with Crippen LogP contribution < -0.4 is 5.32 Å². The van der Waals surface area contributed by atoms with E-state index in [9.17, 15) is 35.1 Å². The van der Waals surface area contributed by atoms with Crippen molar-refractivity contribution in [1.82, 2.24) is 9.88 Å². The molecule has 0 saturated heterocycles. The third-order valence-electron chi connectivity index (χ3n) is 7.54. The second kappa shape index (κ2) is 18.3. The molecule has 2 aromatic carbocycles. The SMILES string of the molecule is Cc1ccoc1C(=O)Nc1cccc(C#Cc2cncc(C(=O)N=S(CCCN(C)C[C@H](O)[C@@H](O)[C@@H](O)[C@H](O)CO)c3ccccc3O)c2)c1. The molecule has 0 aliphatic heterocycles. The Bertz CT molecular complexity index is 1870. The fraction of sp³-hybridized carbons (Fsp3) is 0.306. The van der Waals surface area contributed by atoms with E-state index in [-0.39, 0.29) is 29.5 Å². The van der Waals surface area contributed by atoms with E-state index in [1.54, 1.807) is 73.5 Å². The average Bonchev–Trinajstić information content (AvgIpc) is 3.55. The number of hydrogen-bond donors (Lipinski definition) is 7. The summed E-state index contributed by atoms with van der Waals surface area (Å²) in [5.41, 5.74) is 2.54. The Kier molecular flexibility index (Phi) is 14.0. The predicted molar refractivity (Wildman–Crippen MR) is 187 cm³/mol. The van der Waals surface area contributed by atoms with Crippen molar-refractivity contribution >= 4 is 28.2 Å². The molecule has 264 valence electrons. The van der Waals surface area contributed by atoms with Gasteiger partial charge >= 0.3 is 0 Å². The lowest BCUT2D eigenvalue weighted by Crippen LogP contribution is -2.49. The molecule has 2 amide bonds. The molecule has 0 saturated carbocycles. The Morgan fingerprint density at radius 2 is 1.72 bits per heavy atom. The minimum absolute atomic E-state index is 0.00818. The van der Waals surface area contributed by atoms with Crippen molar-refractivity contribution in [3.05, 3.63) is 107 Å². The molecule has 50 heavy (non-hydrogen) atoms. The van der Waals surface area contributed by atoms with E-state index in [0.717, 1.165) is 5.56 Å². The molecule has 0 aliphatic carbocycles. The second-order valence-electron chi connectivity index (χ2n) is 11.5. The number of anilines is 1. The molecule has 13 nitrogen and oxygen atoms in total. The van der Waals surface area contributed by atoms with E-state index in [0.29, 0.717) is 40.4 Å². The van der Waals surface area contributed by atoms with Gasteiger partial charge in [0, 0.05) is 47.1 Å². The second-order valence-corrected chi connectivity index (χ2v) is 13.3. The number of phenols is 1. The zero-order valence-corrected chi connectivity index (χ0v) is 28.3. The van der Waals surface area contributed by atoms with Crippen LogP contribution in [0, 0.1) is 18.8 Å². The first-order valence-electron chi connectivity index (χ1n) is 15.7. The van der Waals surface area contributed by atoms with Crippen molar-refractivity contribution in [2.45, 2.75) is 42.7 Å². The number of hydrogen-bond acceptors (Lipinski definition) is 11. The number of pyridine rings is 1. The average molecular weight is 705 g/mol. The Hall–Kier alpha value is -4.72. The number of aromatic nitrogens is 1. The number of aliphatic hydroxyl groups excluding tert-OH is 5. The van der Waals surface area contributed by atoms with E-state index >= 15 is 0 Å². The van der Waals surface area contributed by atoms with Gasteiger partial charge in [-0.3, -0.25) is 14.6 Å². The molecule has 0 fully saturated rings. The van der Waals surface area contributed by atoms with Gasteiger partial charge in [-0.05, 0) is 69.4 Å². The summed E-state index contributed by atoms with van der Waals surface area (Å²) in [6, 6.07) is 16.9. The van der Waals surface area contributed by atoms with Gasteiger partial charge in [0.2, 0.25) is 0 Å². The van der Waals surface area contributed by atoms with Crippen molar-refractivity contribution in [3.63, 3.8) is 0 Å². The molecular weight excluding hydrogens is 664 g/mol. The molecule has 0 spiro atoms. The first kappa shape index (κ1) is 38.1. The lowest BCUT2D eigenvalue weighted by molar-refractivity contribution is -0.118. The number of likely N-dealkylation sites (N-methyl/N-ethyl adjacent to an activating group) is 1. The van der Waals surface area contributed by atoms with Crippen LogP contribution in [0.1, 0.15) is 44.0 Å². The molecule has 0 radical (unpaired) electrons. The molecule has 2 heterocycles. The topological polar surface area (TPSA) is 209 Å². The number of amides is 2. The van der Waals surface area contributed by atoms with Gasteiger partial charge in [0.15, 0.2) is 5.76 Å². The van der Waals surface area contributed by atoms with Crippen molar-refractivity contribution in [2.75, 3.05) is 37.8 Å². The molecule has 1 unspecified atom stereocenters. The van der Waals surface area contributed by atoms with E-state index in [4.69, 9.17) is 9.52 Å². The van der Waals surface area contributed by atoms with Gasteiger partial charge in [-0.25, -0.2) is 0 Å². The number of rotatable bonds is 14. The van der Waals surface area contributed by atoms with Crippen molar-refractivity contribution < 1.29 is 44.6 Å². The number of phenolic OH excluding ortho intramolecular Hbond substituents is 1. The van der Waals surface area contributed by atoms with Gasteiger partial charge in [0.25, 0.3) is 11.8 Å². The molecule has 2 aromatic heterocycles. The number of aryl methyl sites for hydroxylation is 1. The van der Waals surface area contributed by atoms with Crippen LogP contribution in [0.15, 0.2) is 93.0 Å². The minimum atomic E-state index is -1.72. The molecule has 7 N–H and O–H groups in total. The summed E-state index contributed by atoms with van der Waals surface area (Å²) in [6.07, 6.45) is -1.55. The Balaban J connectivity index is 1.44. The Morgan fingerprint density at radius 1 is 0.980 bits per heavy atom. The van der Waals surface area contributed by atoms with Crippen LogP contribution in [-0.4, -0.2) is 109 Å². The van der Waals surface area contributed by atoms with E-state index in [1.165, 1.54) is 24.7 Å². The highest BCUT2D eigenvalue weighted by Gasteiger charge is 2.30. The molecule has 14 heteroatoms. The highest BCUT2D eigenvalue weighted by molar-refractivity contribution is 7.87. The van der Waals surface area contributed by atoms with Crippen LogP contribution >= 0.6 is 0 Å². The smallest absolute Gasteiger partial charge is 0.291 e. The summed E-state index contributed by atoms with van der Waals surface area (Å²) >= 11 is 0. The number of carbonyl (C=O) groups excluding carboxylic acids is 2. The number of nitrogens with zero attached hydrogens (tertiary/aromatic N) is 3. The maximum Gasteiger partial charge on any atom is 0.291 e. The van der Waals surface area contributed by atoms with Crippen molar-refractivity contribution in [1.29, 1.82) is 0 Å². The number of aliphatic hydroxyl groups is 5. The van der Waals surface area contributed by atoms with E-state index in [1.807, 2.05) is 0 Å². The standard InChI is InChI=1S/C36H40N4O9S/c1-23-13-15-49-34(23)36(48)38-27-8-5-7-24(18-27)11-12-25-17-26(20-37-19-25)35(47)39-50(31-10-4-3-9-28(31)42)16-6-14-40(2)21-29(43)32(45)33(46)30(44)22-41/h3-5,7-10,13,15,17-20,29-30,32-33,41-46H,6,14,16,21-22H2,1-2H3,(H,38,48)/t29-,30+,32+,33-,50?/m0/s1. The zero-order chi connectivity index (χ0) is 36.2. The molecule has 0 aliphatic rings. The number of nitrogens with one attached hydrogen (secondary N) is 1. The van der Waals surface area contributed by atoms with Crippen molar-refractivity contribution in [2.24, 2.45) is 4.36 Å². The number of benzene rings is 2. The molecule has 5 atom stereocenters. The first-order valence-corrected chi connectivity index (χ1v) is 17.0. The fourth-order valence-corrected chi connectivity index (χ4v) is 6.47. The number of aromatic hydroxyl groups is 1. The van der Waals surface area contributed by atoms with Gasteiger partial charge in [0.1, 0.15) is 24.1 Å². The molecule has 4 rings (SSSR count). The van der Waals surface area contributed by atoms with Gasteiger partial charge in [-0.1, -0.05) is 40.7 Å². The van der Waals surface area contributed by atoms with Crippen LogP contribution in [-0.2, 0) is 10.7 Å². The van der Waals surface area contributed by atoms with Crippen LogP contribution in [0.2, 0.25) is 0 Å². The van der Waals surface area contributed by atoms with Gasteiger partial charge in [0.05, 0.1) is 29.4 Å². The third kappa shape index (κ3) is 10.6. The highest BCUT2D eigenvalue weighted by atomic mass is 32.2. The fourth-order valence-electron chi connectivity index (χ4n) is 4.80. The molecule has 0 bridgehead atoms. The summed E-state index contributed by atoms with van der Waals surface area (Å²) in [5.74, 6) is 5.68. The highest BCUT2D eigenvalue weighted by Crippen LogP contribution is 2.23. The van der Waals surface area contributed by atoms with Crippen LogP contribution in [0.5, 0.6) is 5.75 Å². The van der Waals surface area contributed by atoms with Crippen LogP contribution in [0.4, 0.5) is 5.69 Å². The summed E-state index contributed by atoms with van der Waals surface area (Å²) in [4.78, 5) is 32.3. The largest absolute Gasteiger partial charge is 0.507 e. The quantitative estimate of drug-likeness (QED) is 0.0946. The van der Waals surface area contributed by atoms with E-state index < -0.39 is 47.6 Å². The van der Waals surface area contributed by atoms with Crippen LogP contribution in [0.3, 0.4) is 0 Å². The zero-order valence-electron chi connectivity index (χ0n) is 27.5. The number of para-hydroxylation sites is 1. The molecule has 4 aromatic rings. The molecular formula is C36H40N4O9S. The number of carbonyl (C=O) groups is 2. The Morgan fingerprint density at radius 3 is 2.44 bits per heavy atom. The van der Waals surface area contributed by atoms with Crippen molar-refractivity contribution in [3.8, 4) is 17.6 Å².